The lowest BCUT2D eigenvalue weighted by Gasteiger charge is -2.04. The summed E-state index contributed by atoms with van der Waals surface area (Å²) in [5, 5.41) is 3.91. The van der Waals surface area contributed by atoms with E-state index in [0.717, 1.165) is 22.4 Å². The van der Waals surface area contributed by atoms with Gasteiger partial charge in [0.15, 0.2) is 0 Å². The third-order valence-electron chi connectivity index (χ3n) is 2.08. The van der Waals surface area contributed by atoms with Crippen molar-refractivity contribution >= 4 is 51.3 Å². The zero-order chi connectivity index (χ0) is 11.4. The van der Waals surface area contributed by atoms with Gasteiger partial charge in [0.2, 0.25) is 0 Å². The zero-order valence-electron chi connectivity index (χ0n) is 8.82. The summed E-state index contributed by atoms with van der Waals surface area (Å²) in [4.78, 5) is 5.33. The second-order valence-corrected chi connectivity index (χ2v) is 6.17. The summed E-state index contributed by atoms with van der Waals surface area (Å²) in [6.45, 7) is 1.59. The van der Waals surface area contributed by atoms with Gasteiger partial charge in [0, 0.05) is 29.7 Å². The van der Waals surface area contributed by atoms with E-state index in [0.29, 0.717) is 5.15 Å². The third kappa shape index (κ3) is 4.56. The fourth-order valence-electron chi connectivity index (χ4n) is 1.32. The quantitative estimate of drug-likeness (QED) is 0.830. The van der Waals surface area contributed by atoms with Crippen LogP contribution >= 0.6 is 51.3 Å². The Labute approximate surface area is 124 Å². The highest BCUT2D eigenvalue weighted by Crippen LogP contribution is 2.21. The lowest BCUT2D eigenvalue weighted by Crippen LogP contribution is -2.12. The molecule has 1 N–H and O–H groups in total. The maximum absolute atomic E-state index is 5.95. The number of thiophene rings is 1. The van der Waals surface area contributed by atoms with E-state index in [1.54, 1.807) is 17.5 Å². The smallest absolute Gasteiger partial charge is 0.133 e. The lowest BCUT2D eigenvalue weighted by molar-refractivity contribution is 0.699. The fraction of sp³-hybridized carbons (Fsp3) is 0.182. The van der Waals surface area contributed by atoms with E-state index in [2.05, 4.69) is 38.4 Å². The van der Waals surface area contributed by atoms with Crippen LogP contribution < -0.4 is 5.32 Å². The van der Waals surface area contributed by atoms with Crippen LogP contribution in [0.4, 0.5) is 0 Å². The molecule has 0 aliphatic carbocycles. The van der Waals surface area contributed by atoms with Crippen LogP contribution in [-0.4, -0.2) is 4.98 Å². The molecule has 0 unspecified atom stereocenters. The predicted molar refractivity (Wildman–Crippen MR) is 79.1 cm³/mol. The first-order chi connectivity index (χ1) is 7.75. The highest BCUT2D eigenvalue weighted by Gasteiger charge is 2.01. The number of rotatable bonds is 4. The summed E-state index contributed by atoms with van der Waals surface area (Å²) in [5.41, 5.74) is 1.03. The molecule has 92 valence electrons. The first-order valence-corrected chi connectivity index (χ1v) is 6.79. The second-order valence-electron chi connectivity index (χ2n) is 3.26. The predicted octanol–water partition coefficient (Wildman–Crippen LogP) is 4.27. The van der Waals surface area contributed by atoms with E-state index in [9.17, 15) is 0 Å². The molecule has 2 heterocycles. The SMILES string of the molecule is Cl.Clc1ncccc1CNCc1ccc(Br)s1. The molecule has 6 heteroatoms. The molecular formula is C11H11BrCl2N2S. The summed E-state index contributed by atoms with van der Waals surface area (Å²) in [5.74, 6) is 0. The Hall–Kier alpha value is -0.130. The number of nitrogens with zero attached hydrogens (tertiary/aromatic N) is 1. The van der Waals surface area contributed by atoms with Crippen LogP contribution in [0.15, 0.2) is 34.2 Å². The number of hydrogen-bond donors (Lipinski definition) is 1. The molecule has 17 heavy (non-hydrogen) atoms. The van der Waals surface area contributed by atoms with Gasteiger partial charge in [0.25, 0.3) is 0 Å². The number of aromatic nitrogens is 1. The Kier molecular flexibility index (Phi) is 6.44. The van der Waals surface area contributed by atoms with Gasteiger partial charge in [0.1, 0.15) is 5.15 Å². The molecule has 0 saturated carbocycles. The Bertz CT molecular complexity index is 476. The largest absolute Gasteiger partial charge is 0.308 e. The number of nitrogens with one attached hydrogen (secondary N) is 1. The van der Waals surface area contributed by atoms with Crippen molar-refractivity contribution in [1.82, 2.24) is 10.3 Å². The number of halogens is 3. The van der Waals surface area contributed by atoms with Crippen LogP contribution in [0, 0.1) is 0 Å². The topological polar surface area (TPSA) is 24.9 Å². The highest BCUT2D eigenvalue weighted by molar-refractivity contribution is 9.11. The maximum Gasteiger partial charge on any atom is 0.133 e. The minimum atomic E-state index is 0. The number of pyridine rings is 1. The van der Waals surface area contributed by atoms with Crippen LogP contribution in [0.2, 0.25) is 5.15 Å². The lowest BCUT2D eigenvalue weighted by atomic mass is 10.3. The molecule has 0 aromatic carbocycles. The summed E-state index contributed by atoms with van der Waals surface area (Å²) in [6, 6.07) is 8.03. The van der Waals surface area contributed by atoms with E-state index in [1.165, 1.54) is 4.88 Å². The molecular weight excluding hydrogens is 343 g/mol. The molecule has 0 fully saturated rings. The van der Waals surface area contributed by atoms with Gasteiger partial charge >= 0.3 is 0 Å². The Morgan fingerprint density at radius 2 is 2.12 bits per heavy atom. The van der Waals surface area contributed by atoms with Crippen LogP contribution in [0.3, 0.4) is 0 Å². The molecule has 0 atom stereocenters. The van der Waals surface area contributed by atoms with Gasteiger partial charge in [-0.3, -0.25) is 0 Å². The second kappa shape index (κ2) is 7.34. The summed E-state index contributed by atoms with van der Waals surface area (Å²) in [6.07, 6.45) is 1.70. The van der Waals surface area contributed by atoms with Crippen LogP contribution in [0.5, 0.6) is 0 Å². The summed E-state index contributed by atoms with van der Waals surface area (Å²) < 4.78 is 1.16. The van der Waals surface area contributed by atoms with E-state index in [4.69, 9.17) is 11.6 Å². The van der Waals surface area contributed by atoms with Crippen LogP contribution in [-0.2, 0) is 13.1 Å². The van der Waals surface area contributed by atoms with E-state index in [-0.39, 0.29) is 12.4 Å². The Balaban J connectivity index is 0.00000144. The van der Waals surface area contributed by atoms with Crippen molar-refractivity contribution in [3.63, 3.8) is 0 Å². The van der Waals surface area contributed by atoms with Crippen LogP contribution in [0.25, 0.3) is 0 Å². The molecule has 0 bridgehead atoms. The first kappa shape index (κ1) is 14.9. The Morgan fingerprint density at radius 3 is 2.76 bits per heavy atom. The molecule has 2 aromatic heterocycles. The van der Waals surface area contributed by atoms with Gasteiger partial charge in [-0.1, -0.05) is 17.7 Å². The van der Waals surface area contributed by atoms with E-state index < -0.39 is 0 Å². The molecule has 0 amide bonds. The molecule has 2 aromatic rings. The summed E-state index contributed by atoms with van der Waals surface area (Å²) >= 11 is 11.1. The Morgan fingerprint density at radius 1 is 1.29 bits per heavy atom. The van der Waals surface area contributed by atoms with Gasteiger partial charge in [0.05, 0.1) is 3.79 Å². The maximum atomic E-state index is 5.95. The van der Waals surface area contributed by atoms with Crippen molar-refractivity contribution in [3.05, 3.63) is 49.8 Å². The fourth-order valence-corrected chi connectivity index (χ4v) is 2.96. The molecule has 0 saturated heterocycles. The molecule has 2 nitrogen and oxygen atoms in total. The third-order valence-corrected chi connectivity index (χ3v) is 4.04. The van der Waals surface area contributed by atoms with Crippen molar-refractivity contribution in [2.75, 3.05) is 0 Å². The molecule has 0 aliphatic heterocycles. The average Bonchev–Trinajstić information content (AvgIpc) is 2.67. The van der Waals surface area contributed by atoms with Crippen molar-refractivity contribution < 1.29 is 0 Å². The summed E-state index contributed by atoms with van der Waals surface area (Å²) in [7, 11) is 0. The van der Waals surface area contributed by atoms with Crippen LogP contribution in [0.1, 0.15) is 10.4 Å². The van der Waals surface area contributed by atoms with Gasteiger partial charge in [-0.2, -0.15) is 0 Å². The molecule has 2 rings (SSSR count). The first-order valence-electron chi connectivity index (χ1n) is 4.80. The average molecular weight is 354 g/mol. The molecule has 0 aliphatic rings. The van der Waals surface area contributed by atoms with Crippen molar-refractivity contribution in [3.8, 4) is 0 Å². The van der Waals surface area contributed by atoms with Gasteiger partial charge < -0.3 is 5.32 Å². The van der Waals surface area contributed by atoms with E-state index in [1.807, 2.05) is 12.1 Å². The minimum absolute atomic E-state index is 0. The normalized spacial score (nSPS) is 10.0. The van der Waals surface area contributed by atoms with E-state index >= 15 is 0 Å². The molecule has 0 radical (unpaired) electrons. The minimum Gasteiger partial charge on any atom is -0.308 e. The molecule has 0 spiro atoms. The number of hydrogen-bond acceptors (Lipinski definition) is 3. The van der Waals surface area contributed by atoms with Gasteiger partial charge in [-0.05, 0) is 34.1 Å². The van der Waals surface area contributed by atoms with Crippen molar-refractivity contribution in [2.24, 2.45) is 0 Å². The standard InChI is InChI=1S/C11H10BrClN2S.ClH/c12-10-4-3-9(16-10)7-14-6-8-2-1-5-15-11(8)13;/h1-5,14H,6-7H2;1H. The van der Waals surface area contributed by atoms with Gasteiger partial charge in [-0.25, -0.2) is 4.98 Å². The highest BCUT2D eigenvalue weighted by atomic mass is 79.9. The van der Waals surface area contributed by atoms with Gasteiger partial charge in [-0.15, -0.1) is 23.7 Å². The zero-order valence-corrected chi connectivity index (χ0v) is 12.8. The monoisotopic (exact) mass is 352 g/mol. The van der Waals surface area contributed by atoms with Crippen molar-refractivity contribution in [1.29, 1.82) is 0 Å². The van der Waals surface area contributed by atoms with Crippen molar-refractivity contribution in [2.45, 2.75) is 13.1 Å².